The molecule has 0 aliphatic rings. The summed E-state index contributed by atoms with van der Waals surface area (Å²) in [7, 11) is 2.43. The molecular weight excluding hydrogens is 209 g/mol. The largest absolute Gasteiger partial charge is 0.250 e. The van der Waals surface area contributed by atoms with Crippen molar-refractivity contribution in [2.45, 2.75) is 6.92 Å². The van der Waals surface area contributed by atoms with Gasteiger partial charge in [0.15, 0.2) is 0 Å². The van der Waals surface area contributed by atoms with Gasteiger partial charge in [-0.2, -0.15) is 15.0 Å². The topological polar surface area (TPSA) is 66.3 Å². The Bertz CT molecular complexity index is 463. The minimum atomic E-state index is 0.374. The molecule has 5 nitrogen and oxygen atoms in total. The number of hydrogen-bond acceptors (Lipinski definition) is 3. The van der Waals surface area contributed by atoms with E-state index in [4.69, 9.17) is 5.26 Å². The SMILES string of the molecule is C=CN=C(/N=C\C)n1ncc(C#N)c1P. The van der Waals surface area contributed by atoms with Crippen molar-refractivity contribution in [1.82, 2.24) is 9.78 Å². The first-order valence-corrected chi connectivity index (χ1v) is 4.73. The van der Waals surface area contributed by atoms with Crippen LogP contribution in [0.2, 0.25) is 0 Å². The number of nitrogens with zero attached hydrogens (tertiary/aromatic N) is 5. The smallest absolute Gasteiger partial charge is 0.224 e. The third-order valence-corrected chi connectivity index (χ3v) is 2.12. The molecule has 0 aliphatic heterocycles. The van der Waals surface area contributed by atoms with Crippen molar-refractivity contribution in [1.29, 1.82) is 5.26 Å². The Morgan fingerprint density at radius 3 is 3.00 bits per heavy atom. The zero-order valence-corrected chi connectivity index (χ0v) is 9.41. The molecule has 1 aromatic heterocycles. The zero-order chi connectivity index (χ0) is 11.3. The molecule has 1 unspecified atom stereocenters. The molecule has 1 aromatic rings. The highest BCUT2D eigenvalue weighted by Crippen LogP contribution is 1.99. The maximum absolute atomic E-state index is 8.76. The van der Waals surface area contributed by atoms with Crippen LogP contribution >= 0.6 is 9.24 Å². The lowest BCUT2D eigenvalue weighted by Crippen LogP contribution is -2.21. The van der Waals surface area contributed by atoms with Crippen LogP contribution in [0, 0.1) is 11.3 Å². The number of aromatic nitrogens is 2. The Morgan fingerprint density at radius 2 is 2.53 bits per heavy atom. The molecule has 0 N–H and O–H groups in total. The molecule has 1 heterocycles. The van der Waals surface area contributed by atoms with E-state index in [0.29, 0.717) is 17.0 Å². The van der Waals surface area contributed by atoms with E-state index in [-0.39, 0.29) is 0 Å². The summed E-state index contributed by atoms with van der Waals surface area (Å²) in [6, 6.07) is 2.02. The molecule has 76 valence electrons. The lowest BCUT2D eigenvalue weighted by Gasteiger charge is -2.01. The Balaban J connectivity index is 3.25. The van der Waals surface area contributed by atoms with E-state index in [1.165, 1.54) is 17.1 Å². The summed E-state index contributed by atoms with van der Waals surface area (Å²) in [6.07, 6.45) is 4.44. The monoisotopic (exact) mass is 219 g/mol. The maximum Gasteiger partial charge on any atom is 0.250 e. The van der Waals surface area contributed by atoms with Gasteiger partial charge >= 0.3 is 0 Å². The average Bonchev–Trinajstić information content (AvgIpc) is 2.59. The van der Waals surface area contributed by atoms with Crippen LogP contribution in [0.1, 0.15) is 12.5 Å². The lowest BCUT2D eigenvalue weighted by atomic mass is 10.4. The maximum atomic E-state index is 8.76. The number of hydrogen-bond donors (Lipinski definition) is 0. The summed E-state index contributed by atoms with van der Waals surface area (Å²) in [5, 5.41) is 12.8. The third kappa shape index (κ3) is 2.36. The summed E-state index contributed by atoms with van der Waals surface area (Å²) >= 11 is 0. The van der Waals surface area contributed by atoms with Crippen LogP contribution in [0.4, 0.5) is 0 Å². The van der Waals surface area contributed by atoms with E-state index in [1.807, 2.05) is 6.07 Å². The summed E-state index contributed by atoms with van der Waals surface area (Å²) in [6.45, 7) is 5.26. The van der Waals surface area contributed by atoms with Crippen molar-refractivity contribution in [3.05, 3.63) is 24.5 Å². The highest BCUT2D eigenvalue weighted by Gasteiger charge is 2.09. The van der Waals surface area contributed by atoms with Crippen LogP contribution in [0.15, 0.2) is 29.0 Å². The fraction of sp³-hybridized carbons (Fsp3) is 0.111. The van der Waals surface area contributed by atoms with Crippen LogP contribution in [0.3, 0.4) is 0 Å². The molecule has 0 amide bonds. The molecule has 0 saturated heterocycles. The van der Waals surface area contributed by atoms with E-state index >= 15 is 0 Å². The van der Waals surface area contributed by atoms with Gasteiger partial charge in [-0.1, -0.05) is 15.8 Å². The molecule has 1 rings (SSSR count). The molecule has 0 aromatic carbocycles. The highest BCUT2D eigenvalue weighted by atomic mass is 31.0. The van der Waals surface area contributed by atoms with Gasteiger partial charge in [0.2, 0.25) is 0 Å². The molecule has 1 atom stereocenters. The second-order valence-corrected chi connectivity index (χ2v) is 3.01. The van der Waals surface area contributed by atoms with Gasteiger partial charge in [0.25, 0.3) is 5.96 Å². The Kier molecular flexibility index (Phi) is 3.90. The first-order chi connectivity index (χ1) is 7.24. The average molecular weight is 219 g/mol. The molecule has 15 heavy (non-hydrogen) atoms. The standard InChI is InChI=1S/C9H10N5P/c1-3-11-9(12-4-2)14-8(15)7(5-10)6-13-14/h3-4,6H,1,15H2,2H3/b11-9?,12-4-. The summed E-state index contributed by atoms with van der Waals surface area (Å²) in [5.74, 6) is 0.374. The second-order valence-electron chi connectivity index (χ2n) is 2.47. The van der Waals surface area contributed by atoms with E-state index in [9.17, 15) is 0 Å². The predicted molar refractivity (Wildman–Crippen MR) is 63.5 cm³/mol. The van der Waals surface area contributed by atoms with E-state index < -0.39 is 0 Å². The fourth-order valence-corrected chi connectivity index (χ4v) is 1.26. The van der Waals surface area contributed by atoms with Gasteiger partial charge in [-0.15, -0.1) is 0 Å². The van der Waals surface area contributed by atoms with E-state index in [0.717, 1.165) is 0 Å². The first kappa shape index (κ1) is 11.3. The third-order valence-electron chi connectivity index (χ3n) is 1.57. The van der Waals surface area contributed by atoms with Gasteiger partial charge in [-0.3, -0.25) is 0 Å². The van der Waals surface area contributed by atoms with E-state index in [1.54, 1.807) is 13.1 Å². The van der Waals surface area contributed by atoms with Crippen molar-refractivity contribution in [2.75, 3.05) is 0 Å². The molecule has 6 heteroatoms. The van der Waals surface area contributed by atoms with Crippen molar-refractivity contribution >= 4 is 26.8 Å². The van der Waals surface area contributed by atoms with Gasteiger partial charge in [-0.05, 0) is 6.92 Å². The molecular formula is C9H10N5P. The van der Waals surface area contributed by atoms with Gasteiger partial charge in [0.1, 0.15) is 6.07 Å². The molecule has 0 spiro atoms. The normalized spacial score (nSPS) is 11.7. The highest BCUT2D eigenvalue weighted by molar-refractivity contribution is 7.27. The summed E-state index contributed by atoms with van der Waals surface area (Å²) < 4.78 is 1.46. The van der Waals surface area contributed by atoms with Crippen LogP contribution in [-0.2, 0) is 0 Å². The minimum absolute atomic E-state index is 0.374. The Labute approximate surface area is 90.1 Å². The molecule has 0 fully saturated rings. The molecule has 0 bridgehead atoms. The van der Waals surface area contributed by atoms with Gasteiger partial charge in [-0.25, -0.2) is 9.98 Å². The van der Waals surface area contributed by atoms with Crippen LogP contribution in [-0.4, -0.2) is 22.0 Å². The molecule has 0 saturated carbocycles. The zero-order valence-electron chi connectivity index (χ0n) is 8.25. The van der Waals surface area contributed by atoms with Crippen LogP contribution < -0.4 is 5.44 Å². The predicted octanol–water partition coefficient (Wildman–Crippen LogP) is 0.693. The van der Waals surface area contributed by atoms with Crippen LogP contribution in [0.25, 0.3) is 0 Å². The quantitative estimate of drug-likeness (QED) is 0.396. The number of rotatable bonds is 1. The lowest BCUT2D eigenvalue weighted by molar-refractivity contribution is 0.945. The minimum Gasteiger partial charge on any atom is -0.224 e. The van der Waals surface area contributed by atoms with Gasteiger partial charge in [0, 0.05) is 12.4 Å². The van der Waals surface area contributed by atoms with Crippen molar-refractivity contribution in [3.8, 4) is 6.07 Å². The summed E-state index contributed by atoms with van der Waals surface area (Å²) in [4.78, 5) is 7.98. The first-order valence-electron chi connectivity index (χ1n) is 4.16. The van der Waals surface area contributed by atoms with Gasteiger partial charge in [0.05, 0.1) is 17.2 Å². The Hall–Kier alpha value is -1.79. The fourth-order valence-electron chi connectivity index (χ4n) is 0.943. The number of aliphatic imine (C=N–C) groups is 2. The van der Waals surface area contributed by atoms with Crippen molar-refractivity contribution in [2.24, 2.45) is 9.98 Å². The van der Waals surface area contributed by atoms with E-state index in [2.05, 4.69) is 30.9 Å². The second kappa shape index (κ2) is 5.18. The van der Waals surface area contributed by atoms with Crippen molar-refractivity contribution in [3.63, 3.8) is 0 Å². The molecule has 0 aliphatic carbocycles. The van der Waals surface area contributed by atoms with Gasteiger partial charge < -0.3 is 0 Å². The Morgan fingerprint density at radius 1 is 1.80 bits per heavy atom. The number of nitriles is 1. The summed E-state index contributed by atoms with van der Waals surface area (Å²) in [5.41, 5.74) is 1.10. The molecule has 0 radical (unpaired) electrons. The van der Waals surface area contributed by atoms with Crippen LogP contribution in [0.5, 0.6) is 0 Å². The van der Waals surface area contributed by atoms with Crippen molar-refractivity contribution < 1.29 is 0 Å².